The molecular weight excluding hydrogens is 624 g/mol. The number of allylic oxidation sites excluding steroid dienone is 1. The van der Waals surface area contributed by atoms with E-state index >= 15 is 0 Å². The fraction of sp³-hybridized carbons (Fsp3) is 0.360. The number of Topliss-reactive ketones (excluding diaryl/α,β-unsaturated/α-hetero) is 1. The fourth-order valence-electron chi connectivity index (χ4n) is 3.92. The number of carbonyl (C=O) groups is 2. The van der Waals surface area contributed by atoms with Crippen LogP contribution in [0, 0.1) is 5.41 Å². The van der Waals surface area contributed by atoms with Crippen molar-refractivity contribution < 1.29 is 49.1 Å². The Morgan fingerprint density at radius 1 is 0.900 bits per heavy atom. The van der Waals surface area contributed by atoms with Gasteiger partial charge in [0.25, 0.3) is 0 Å². The van der Waals surface area contributed by atoms with Gasteiger partial charge < -0.3 is 5.32 Å². The van der Waals surface area contributed by atoms with E-state index < -0.39 is 71.2 Å². The van der Waals surface area contributed by atoms with Crippen molar-refractivity contribution in [3.63, 3.8) is 0 Å². The van der Waals surface area contributed by atoms with Crippen LogP contribution in [-0.2, 0) is 11.0 Å². The highest BCUT2D eigenvalue weighted by molar-refractivity contribution is 6.43. The first kappa shape index (κ1) is 32.1. The number of amides is 1. The molecule has 2 aromatic carbocycles. The van der Waals surface area contributed by atoms with Gasteiger partial charge >= 0.3 is 18.5 Å². The lowest BCUT2D eigenvalue weighted by Crippen LogP contribution is -2.39. The van der Waals surface area contributed by atoms with E-state index in [1.54, 1.807) is 5.32 Å². The zero-order valence-corrected chi connectivity index (χ0v) is 22.1. The number of carbonyl (C=O) groups excluding carboxylic acids is 2. The lowest BCUT2D eigenvalue weighted by molar-refractivity contribution is -0.141. The first-order valence-electron chi connectivity index (χ1n) is 11.2. The normalized spacial score (nSPS) is 16.2. The number of hydrogen-bond acceptors (Lipinski definition) is 2. The largest absolute Gasteiger partial charge is 0.417 e. The van der Waals surface area contributed by atoms with Gasteiger partial charge in [0, 0.05) is 17.0 Å². The van der Waals surface area contributed by atoms with E-state index in [9.17, 15) is 49.1 Å². The summed E-state index contributed by atoms with van der Waals surface area (Å²) in [6.07, 6.45) is -14.2. The van der Waals surface area contributed by atoms with Crippen LogP contribution in [-0.4, -0.2) is 30.6 Å². The Morgan fingerprint density at radius 3 is 2.02 bits per heavy atom. The lowest BCUT2D eigenvalue weighted by atomic mass is 9.91. The molecule has 0 heterocycles. The quantitative estimate of drug-likeness (QED) is 0.178. The second-order valence-electron chi connectivity index (χ2n) is 9.15. The van der Waals surface area contributed by atoms with Crippen LogP contribution in [0.2, 0.25) is 15.1 Å². The molecule has 3 rings (SSSR count). The molecule has 0 bridgehead atoms. The Morgan fingerprint density at radius 2 is 1.50 bits per heavy atom. The molecule has 1 unspecified atom stereocenters. The first-order chi connectivity index (χ1) is 18.2. The molecule has 1 N–H and O–H groups in total. The highest BCUT2D eigenvalue weighted by atomic mass is 35.5. The van der Waals surface area contributed by atoms with Crippen LogP contribution < -0.4 is 5.32 Å². The number of ketones is 1. The summed E-state index contributed by atoms with van der Waals surface area (Å²) in [4.78, 5) is 24.9. The summed E-state index contributed by atoms with van der Waals surface area (Å²) < 4.78 is 120. The van der Waals surface area contributed by atoms with Crippen LogP contribution in [0.3, 0.4) is 0 Å². The van der Waals surface area contributed by atoms with Crippen LogP contribution in [0.25, 0.3) is 6.08 Å². The SMILES string of the molecule is O=C(CC1(C(=O)NCC(F)(F)F)CC1)c1ccc(/C=C/C(c2cc(Cl)c(Cl)cc2Cl)C(F)(F)F)cc1C(F)(F)F. The molecule has 1 saturated carbocycles. The molecule has 0 aliphatic heterocycles. The molecule has 0 aromatic heterocycles. The van der Waals surface area contributed by atoms with Crippen molar-refractivity contribution in [3.05, 3.63) is 73.7 Å². The Balaban J connectivity index is 1.91. The monoisotopic (exact) mass is 639 g/mol. The number of benzene rings is 2. The van der Waals surface area contributed by atoms with Crippen LogP contribution in [0.1, 0.15) is 52.2 Å². The minimum atomic E-state index is -5.12. The third-order valence-electron chi connectivity index (χ3n) is 6.14. The molecule has 0 spiro atoms. The van der Waals surface area contributed by atoms with E-state index in [2.05, 4.69) is 0 Å². The molecule has 40 heavy (non-hydrogen) atoms. The van der Waals surface area contributed by atoms with Gasteiger partial charge in [0.05, 0.1) is 26.9 Å². The predicted molar refractivity (Wildman–Crippen MR) is 130 cm³/mol. The van der Waals surface area contributed by atoms with Crippen molar-refractivity contribution >= 4 is 52.6 Å². The smallest absolute Gasteiger partial charge is 0.346 e. The summed E-state index contributed by atoms with van der Waals surface area (Å²) in [5.74, 6) is -4.64. The Kier molecular flexibility index (Phi) is 9.18. The molecule has 0 saturated heterocycles. The van der Waals surface area contributed by atoms with E-state index in [-0.39, 0.29) is 33.5 Å². The zero-order chi connectivity index (χ0) is 30.3. The van der Waals surface area contributed by atoms with E-state index in [0.717, 1.165) is 30.3 Å². The van der Waals surface area contributed by atoms with Gasteiger partial charge in [-0.2, -0.15) is 39.5 Å². The molecule has 1 aliphatic carbocycles. The van der Waals surface area contributed by atoms with Crippen molar-refractivity contribution in [1.82, 2.24) is 5.32 Å². The van der Waals surface area contributed by atoms with Gasteiger partial charge in [-0.25, -0.2) is 0 Å². The number of rotatable bonds is 8. The second kappa shape index (κ2) is 11.4. The van der Waals surface area contributed by atoms with Crippen molar-refractivity contribution in [3.8, 4) is 0 Å². The van der Waals surface area contributed by atoms with Gasteiger partial charge in [0.2, 0.25) is 5.91 Å². The summed E-state index contributed by atoms with van der Waals surface area (Å²) in [7, 11) is 0. The molecule has 1 amide bonds. The molecule has 1 fully saturated rings. The predicted octanol–water partition coefficient (Wildman–Crippen LogP) is 9.06. The average Bonchev–Trinajstić information content (AvgIpc) is 3.59. The number of hydrogen-bond donors (Lipinski definition) is 1. The van der Waals surface area contributed by atoms with Crippen LogP contribution >= 0.6 is 34.8 Å². The molecule has 218 valence electrons. The molecule has 0 radical (unpaired) electrons. The van der Waals surface area contributed by atoms with Crippen LogP contribution in [0.4, 0.5) is 39.5 Å². The van der Waals surface area contributed by atoms with E-state index in [1.165, 1.54) is 0 Å². The number of halogens is 12. The number of nitrogens with one attached hydrogen (secondary N) is 1. The molecule has 2 aromatic rings. The topological polar surface area (TPSA) is 46.2 Å². The minimum absolute atomic E-state index is 0.000702. The highest BCUT2D eigenvalue weighted by Gasteiger charge is 2.52. The van der Waals surface area contributed by atoms with Crippen LogP contribution in [0.5, 0.6) is 0 Å². The highest BCUT2D eigenvalue weighted by Crippen LogP contribution is 2.50. The Bertz CT molecular complexity index is 1330. The third-order valence-corrected chi connectivity index (χ3v) is 7.19. The van der Waals surface area contributed by atoms with E-state index in [4.69, 9.17) is 34.8 Å². The standard InChI is InChI=1S/C25H17Cl3F9NO2/c26-17-9-19(28)18(27)8-14(17)15(24(32,33)34)4-2-12-1-3-13(16(7-12)25(35,36)37)20(39)10-22(5-6-22)21(40)38-11-23(29,30)31/h1-4,7-9,15H,5-6,10-11H2,(H,38,40)/b4-2+. The molecule has 1 aliphatic rings. The maximum Gasteiger partial charge on any atom is 0.417 e. The summed E-state index contributed by atoms with van der Waals surface area (Å²) in [5, 5.41) is 0.912. The summed E-state index contributed by atoms with van der Waals surface area (Å²) in [6.45, 7) is -1.66. The first-order valence-corrected chi connectivity index (χ1v) is 12.4. The maximum atomic E-state index is 13.8. The van der Waals surface area contributed by atoms with Crippen molar-refractivity contribution in [2.45, 2.75) is 43.7 Å². The minimum Gasteiger partial charge on any atom is -0.346 e. The average molecular weight is 641 g/mol. The lowest BCUT2D eigenvalue weighted by Gasteiger charge is -2.20. The maximum absolute atomic E-state index is 13.8. The van der Waals surface area contributed by atoms with Gasteiger partial charge in [-0.15, -0.1) is 0 Å². The number of alkyl halides is 9. The third kappa shape index (κ3) is 7.85. The van der Waals surface area contributed by atoms with Crippen LogP contribution in [0.15, 0.2) is 36.4 Å². The van der Waals surface area contributed by atoms with Gasteiger partial charge in [-0.1, -0.05) is 59.1 Å². The van der Waals surface area contributed by atoms with Gasteiger partial charge in [-0.05, 0) is 42.2 Å². The second-order valence-corrected chi connectivity index (χ2v) is 10.4. The fourth-order valence-corrected chi connectivity index (χ4v) is 4.59. The Hall–Kier alpha value is -2.44. The molecule has 3 nitrogen and oxygen atoms in total. The zero-order valence-electron chi connectivity index (χ0n) is 19.8. The van der Waals surface area contributed by atoms with E-state index in [0.29, 0.717) is 12.1 Å². The van der Waals surface area contributed by atoms with Crippen molar-refractivity contribution in [2.24, 2.45) is 5.41 Å². The van der Waals surface area contributed by atoms with Crippen molar-refractivity contribution in [2.75, 3.05) is 6.54 Å². The molecule has 1 atom stereocenters. The Labute approximate surface area is 236 Å². The van der Waals surface area contributed by atoms with Gasteiger partial charge in [0.1, 0.15) is 6.54 Å². The van der Waals surface area contributed by atoms with E-state index in [1.807, 2.05) is 0 Å². The van der Waals surface area contributed by atoms with Gasteiger partial charge in [0.15, 0.2) is 5.78 Å². The molecule has 15 heteroatoms. The molecular formula is C25H17Cl3F9NO2. The summed E-state index contributed by atoms with van der Waals surface area (Å²) in [5.41, 5.74) is -4.77. The summed E-state index contributed by atoms with van der Waals surface area (Å²) >= 11 is 17.5. The van der Waals surface area contributed by atoms with Crippen molar-refractivity contribution in [1.29, 1.82) is 0 Å². The summed E-state index contributed by atoms with van der Waals surface area (Å²) in [6, 6.07) is 4.04. The van der Waals surface area contributed by atoms with Gasteiger partial charge in [-0.3, -0.25) is 9.59 Å².